The first-order chi connectivity index (χ1) is 6.35. The summed E-state index contributed by atoms with van der Waals surface area (Å²) in [5, 5.41) is 0.105. The van der Waals surface area contributed by atoms with E-state index in [0.717, 1.165) is 25.9 Å². The van der Waals surface area contributed by atoms with Gasteiger partial charge in [0, 0.05) is 23.9 Å². The first-order valence-electron chi connectivity index (χ1n) is 5.29. The Morgan fingerprint density at radius 1 is 1.36 bits per heavy atom. The number of alkyl halides is 1. The molecule has 1 atom stereocenters. The fraction of sp³-hybridized carbons (Fsp3) is 0.909. The number of carbonyl (C=O) groups is 1. The van der Waals surface area contributed by atoms with Crippen LogP contribution in [0, 0.1) is 10.8 Å². The minimum atomic E-state index is -0.0446. The molecule has 1 aliphatic heterocycles. The Morgan fingerprint density at radius 2 is 1.93 bits per heavy atom. The molecule has 1 heterocycles. The Balaban J connectivity index is 2.05. The lowest BCUT2D eigenvalue weighted by molar-refractivity contribution is -0.135. The molecule has 1 saturated heterocycles. The third kappa shape index (κ3) is 1.54. The van der Waals surface area contributed by atoms with Crippen molar-refractivity contribution in [2.45, 2.75) is 39.0 Å². The van der Waals surface area contributed by atoms with E-state index in [4.69, 9.17) is 11.6 Å². The Morgan fingerprint density at radius 3 is 2.29 bits per heavy atom. The molecule has 1 aliphatic carbocycles. The number of likely N-dealkylation sites (tertiary alicyclic amines) is 1. The van der Waals surface area contributed by atoms with Gasteiger partial charge in [0.25, 0.3) is 0 Å². The van der Waals surface area contributed by atoms with Gasteiger partial charge in [-0.3, -0.25) is 4.79 Å². The highest BCUT2D eigenvalue weighted by Gasteiger charge is 2.50. The zero-order chi connectivity index (χ0) is 10.6. The summed E-state index contributed by atoms with van der Waals surface area (Å²) in [7, 11) is 0. The minimum Gasteiger partial charge on any atom is -0.340 e. The Hall–Kier alpha value is -0.240. The average Bonchev–Trinajstić information content (AvgIpc) is 2.75. The van der Waals surface area contributed by atoms with Crippen LogP contribution in [0.25, 0.3) is 0 Å². The number of nitrogens with zero attached hydrogens (tertiary/aromatic N) is 1. The molecule has 80 valence electrons. The summed E-state index contributed by atoms with van der Waals surface area (Å²) in [4.78, 5) is 14.0. The minimum absolute atomic E-state index is 0.0446. The number of amides is 1. The van der Waals surface area contributed by atoms with Crippen molar-refractivity contribution in [3.8, 4) is 0 Å². The molecule has 2 aliphatic rings. The van der Waals surface area contributed by atoms with Crippen LogP contribution in [0.5, 0.6) is 0 Å². The van der Waals surface area contributed by atoms with Gasteiger partial charge >= 0.3 is 0 Å². The largest absolute Gasteiger partial charge is 0.340 e. The molecule has 14 heavy (non-hydrogen) atoms. The monoisotopic (exact) mass is 215 g/mol. The van der Waals surface area contributed by atoms with Gasteiger partial charge in [-0.25, -0.2) is 0 Å². The van der Waals surface area contributed by atoms with Crippen molar-refractivity contribution < 1.29 is 4.79 Å². The summed E-state index contributed by atoms with van der Waals surface area (Å²) in [6, 6.07) is 0. The predicted molar refractivity (Wildman–Crippen MR) is 57.3 cm³/mol. The lowest BCUT2D eigenvalue weighted by Crippen LogP contribution is -2.35. The van der Waals surface area contributed by atoms with Crippen LogP contribution in [-0.4, -0.2) is 29.3 Å². The normalized spacial score (nSPS) is 33.1. The van der Waals surface area contributed by atoms with Gasteiger partial charge in [-0.05, 0) is 12.8 Å². The summed E-state index contributed by atoms with van der Waals surface area (Å²) < 4.78 is 0. The molecule has 0 aromatic rings. The van der Waals surface area contributed by atoms with E-state index in [1.807, 2.05) is 4.90 Å². The molecule has 0 aromatic heterocycles. The lowest BCUT2D eigenvalue weighted by atomic mass is 9.92. The van der Waals surface area contributed by atoms with E-state index in [9.17, 15) is 4.79 Å². The predicted octanol–water partition coefficient (Wildman–Crippen LogP) is 2.26. The van der Waals surface area contributed by atoms with Crippen LogP contribution in [0.1, 0.15) is 33.6 Å². The number of rotatable bonds is 1. The molecule has 0 spiro atoms. The highest BCUT2D eigenvalue weighted by Crippen LogP contribution is 2.48. The molecule has 0 N–H and O–H groups in total. The summed E-state index contributed by atoms with van der Waals surface area (Å²) in [6.07, 6.45) is 2.10. The number of halogens is 1. The lowest BCUT2D eigenvalue weighted by Gasteiger charge is -2.22. The summed E-state index contributed by atoms with van der Waals surface area (Å²) >= 11 is 6.22. The van der Waals surface area contributed by atoms with Crippen molar-refractivity contribution in [1.29, 1.82) is 0 Å². The molecule has 1 amide bonds. The maximum atomic E-state index is 12.0. The fourth-order valence-electron chi connectivity index (χ4n) is 2.03. The van der Waals surface area contributed by atoms with E-state index in [-0.39, 0.29) is 16.2 Å². The number of carbonyl (C=O) groups excluding carboxylic acids is 1. The van der Waals surface area contributed by atoms with Crippen LogP contribution in [0.15, 0.2) is 0 Å². The first kappa shape index (κ1) is 10.3. The van der Waals surface area contributed by atoms with Gasteiger partial charge in [0.15, 0.2) is 0 Å². The van der Waals surface area contributed by atoms with Crippen LogP contribution in [-0.2, 0) is 4.79 Å². The van der Waals surface area contributed by atoms with Crippen molar-refractivity contribution in [1.82, 2.24) is 4.90 Å². The second-order valence-electron chi connectivity index (χ2n) is 5.70. The molecule has 2 nitrogen and oxygen atoms in total. The number of hydrogen-bond donors (Lipinski definition) is 0. The zero-order valence-corrected chi connectivity index (χ0v) is 9.90. The van der Waals surface area contributed by atoms with Crippen molar-refractivity contribution in [3.05, 3.63) is 0 Å². The second kappa shape index (κ2) is 2.88. The smallest absolute Gasteiger partial charge is 0.228 e. The standard InChI is InChI=1S/C11H18ClNO/c1-10(2)7-13(6-8(10)12)9(14)11(3)4-5-11/h8H,4-7H2,1-3H3. The van der Waals surface area contributed by atoms with Crippen LogP contribution in [0.4, 0.5) is 0 Å². The Labute approximate surface area is 90.6 Å². The van der Waals surface area contributed by atoms with Crippen molar-refractivity contribution >= 4 is 17.5 Å². The average molecular weight is 216 g/mol. The van der Waals surface area contributed by atoms with E-state index in [2.05, 4.69) is 20.8 Å². The van der Waals surface area contributed by atoms with Crippen molar-refractivity contribution in [3.63, 3.8) is 0 Å². The molecule has 0 radical (unpaired) electrons. The van der Waals surface area contributed by atoms with Gasteiger partial charge in [0.05, 0.1) is 5.38 Å². The van der Waals surface area contributed by atoms with Crippen LogP contribution >= 0.6 is 11.6 Å². The highest BCUT2D eigenvalue weighted by molar-refractivity contribution is 6.21. The van der Waals surface area contributed by atoms with E-state index in [1.165, 1.54) is 0 Å². The second-order valence-corrected chi connectivity index (χ2v) is 6.23. The zero-order valence-electron chi connectivity index (χ0n) is 9.14. The van der Waals surface area contributed by atoms with Gasteiger partial charge < -0.3 is 4.90 Å². The van der Waals surface area contributed by atoms with Gasteiger partial charge in [-0.2, -0.15) is 0 Å². The molecule has 1 saturated carbocycles. The van der Waals surface area contributed by atoms with E-state index in [0.29, 0.717) is 5.91 Å². The molecule has 2 fully saturated rings. The first-order valence-corrected chi connectivity index (χ1v) is 5.72. The van der Waals surface area contributed by atoms with Crippen molar-refractivity contribution in [2.75, 3.05) is 13.1 Å². The van der Waals surface area contributed by atoms with Gasteiger partial charge in [0.1, 0.15) is 0 Å². The summed E-state index contributed by atoms with van der Waals surface area (Å²) in [6.45, 7) is 7.86. The van der Waals surface area contributed by atoms with Crippen molar-refractivity contribution in [2.24, 2.45) is 10.8 Å². The third-order valence-electron chi connectivity index (χ3n) is 3.63. The van der Waals surface area contributed by atoms with Gasteiger partial charge in [-0.15, -0.1) is 11.6 Å². The SMILES string of the molecule is CC1(C(=O)N2CC(Cl)C(C)(C)C2)CC1. The highest BCUT2D eigenvalue weighted by atomic mass is 35.5. The van der Waals surface area contributed by atoms with Gasteiger partial charge in [0.2, 0.25) is 5.91 Å². The Bertz CT molecular complexity index is 270. The van der Waals surface area contributed by atoms with Crippen LogP contribution in [0.3, 0.4) is 0 Å². The maximum absolute atomic E-state index is 12.0. The van der Waals surface area contributed by atoms with E-state index < -0.39 is 0 Å². The fourth-order valence-corrected chi connectivity index (χ4v) is 2.27. The van der Waals surface area contributed by atoms with E-state index in [1.54, 1.807) is 0 Å². The molecule has 2 rings (SSSR count). The topological polar surface area (TPSA) is 20.3 Å². The molecular weight excluding hydrogens is 198 g/mol. The van der Waals surface area contributed by atoms with Crippen LogP contribution < -0.4 is 0 Å². The molecule has 3 heteroatoms. The van der Waals surface area contributed by atoms with E-state index >= 15 is 0 Å². The molecular formula is C11H18ClNO. The Kier molecular flexibility index (Phi) is 2.11. The third-order valence-corrected chi connectivity index (χ3v) is 4.36. The molecule has 1 unspecified atom stereocenters. The number of hydrogen-bond acceptors (Lipinski definition) is 1. The summed E-state index contributed by atoms with van der Waals surface area (Å²) in [5.41, 5.74) is 0.0273. The molecule has 0 aromatic carbocycles. The molecule has 0 bridgehead atoms. The summed E-state index contributed by atoms with van der Waals surface area (Å²) in [5.74, 6) is 0.314. The quantitative estimate of drug-likeness (QED) is 0.615. The van der Waals surface area contributed by atoms with Gasteiger partial charge in [-0.1, -0.05) is 20.8 Å². The van der Waals surface area contributed by atoms with Crippen LogP contribution in [0.2, 0.25) is 0 Å². The maximum Gasteiger partial charge on any atom is 0.228 e.